The van der Waals surface area contributed by atoms with E-state index in [1.54, 1.807) is 24.3 Å². The van der Waals surface area contributed by atoms with Gasteiger partial charge < -0.3 is 28.4 Å². The molecule has 342 valence electrons. The largest absolute Gasteiger partial charge is 0.424 e. The summed E-state index contributed by atoms with van der Waals surface area (Å²) in [6, 6.07) is 68.3. The Morgan fingerprint density at radius 3 is 0.800 bits per heavy atom. The SMILES string of the molecule is CC(=O)c1ccc(Oc2nc(Oc3ccc(-c4ccccc4)cc3)nc(Oc3ccc(-c4ccccc4)cc3)n2)cc1.Cc1ccc(Oc2nc(Oc3ccccc3)nc(Oc3ccccc3)n2)cc1. The van der Waals surface area contributed by atoms with Crippen LogP contribution in [-0.2, 0) is 0 Å². The van der Waals surface area contributed by atoms with Crippen LogP contribution in [0.3, 0.4) is 0 Å². The summed E-state index contributed by atoms with van der Waals surface area (Å²) in [5, 5.41) is 0. The minimum absolute atomic E-state index is 0.00345. The molecule has 0 saturated heterocycles. The minimum atomic E-state index is -0.0374. The van der Waals surface area contributed by atoms with E-state index < -0.39 is 0 Å². The molecule has 13 nitrogen and oxygen atoms in total. The lowest BCUT2D eigenvalue weighted by atomic mass is 10.1. The molecule has 0 unspecified atom stereocenters. The summed E-state index contributed by atoms with van der Waals surface area (Å²) in [7, 11) is 0. The molecule has 2 aromatic heterocycles. The zero-order valence-corrected chi connectivity index (χ0v) is 37.8. The van der Waals surface area contributed by atoms with Gasteiger partial charge in [0.2, 0.25) is 0 Å². The maximum Gasteiger partial charge on any atom is 0.331 e. The second-order valence-corrected chi connectivity index (χ2v) is 15.3. The van der Waals surface area contributed by atoms with Crippen LogP contribution < -0.4 is 28.4 Å². The van der Waals surface area contributed by atoms with Crippen LogP contribution in [0.1, 0.15) is 22.8 Å². The van der Waals surface area contributed by atoms with Crippen LogP contribution in [0.4, 0.5) is 0 Å². The number of carbonyl (C=O) groups excluding carboxylic acids is 1. The van der Waals surface area contributed by atoms with Gasteiger partial charge in [-0.15, -0.1) is 29.9 Å². The monoisotopic (exact) mass is 922 g/mol. The average molecular weight is 923 g/mol. The Morgan fingerprint density at radius 2 is 0.514 bits per heavy atom. The number of nitrogens with zero attached hydrogens (tertiary/aromatic N) is 6. The van der Waals surface area contributed by atoms with Gasteiger partial charge in [-0.05, 0) is 121 Å². The molecule has 70 heavy (non-hydrogen) atoms. The van der Waals surface area contributed by atoms with Crippen LogP contribution in [0.25, 0.3) is 22.3 Å². The highest BCUT2D eigenvalue weighted by Crippen LogP contribution is 2.31. The number of hydrogen-bond acceptors (Lipinski definition) is 13. The molecule has 0 bridgehead atoms. The number of ether oxygens (including phenoxy) is 6. The molecule has 8 aromatic carbocycles. The van der Waals surface area contributed by atoms with E-state index in [0.717, 1.165) is 27.8 Å². The van der Waals surface area contributed by atoms with Crippen molar-refractivity contribution in [2.45, 2.75) is 13.8 Å². The number of hydrogen-bond donors (Lipinski definition) is 0. The minimum Gasteiger partial charge on any atom is -0.424 e. The van der Waals surface area contributed by atoms with Crippen molar-refractivity contribution in [3.05, 3.63) is 230 Å². The first-order chi connectivity index (χ1) is 34.3. The average Bonchev–Trinajstić information content (AvgIpc) is 3.39. The number of ketones is 1. The van der Waals surface area contributed by atoms with E-state index in [-0.39, 0.29) is 41.8 Å². The molecule has 0 aliphatic rings. The maximum absolute atomic E-state index is 11.6. The summed E-state index contributed by atoms with van der Waals surface area (Å²) >= 11 is 0. The van der Waals surface area contributed by atoms with Gasteiger partial charge in [0.05, 0.1) is 0 Å². The molecule has 13 heteroatoms. The van der Waals surface area contributed by atoms with E-state index in [1.165, 1.54) is 6.92 Å². The van der Waals surface area contributed by atoms with E-state index in [1.807, 2.05) is 201 Å². The van der Waals surface area contributed by atoms with Crippen molar-refractivity contribution in [2.75, 3.05) is 0 Å². The topological polar surface area (TPSA) is 150 Å². The highest BCUT2D eigenvalue weighted by Gasteiger charge is 2.15. The van der Waals surface area contributed by atoms with E-state index in [9.17, 15) is 4.79 Å². The van der Waals surface area contributed by atoms with Gasteiger partial charge in [-0.3, -0.25) is 4.79 Å². The quantitative estimate of drug-likeness (QED) is 0.0898. The van der Waals surface area contributed by atoms with Gasteiger partial charge in [0.25, 0.3) is 0 Å². The molecular weight excluding hydrogens is 881 g/mol. The third kappa shape index (κ3) is 12.8. The Morgan fingerprint density at radius 1 is 0.286 bits per heavy atom. The molecule has 10 aromatic rings. The summed E-state index contributed by atoms with van der Waals surface area (Å²) in [6.07, 6.45) is 0. The lowest BCUT2D eigenvalue weighted by Crippen LogP contribution is -2.01. The van der Waals surface area contributed by atoms with Crippen LogP contribution in [0, 0.1) is 6.92 Å². The second kappa shape index (κ2) is 22.2. The van der Waals surface area contributed by atoms with Crippen molar-refractivity contribution in [3.8, 4) is 92.8 Å². The lowest BCUT2D eigenvalue weighted by Gasteiger charge is -2.10. The second-order valence-electron chi connectivity index (χ2n) is 15.3. The smallest absolute Gasteiger partial charge is 0.331 e. The summed E-state index contributed by atoms with van der Waals surface area (Å²) in [5.74, 6) is 3.29. The molecule has 0 spiro atoms. The fourth-order valence-electron chi connectivity index (χ4n) is 6.58. The highest BCUT2D eigenvalue weighted by atomic mass is 16.5. The van der Waals surface area contributed by atoms with Gasteiger partial charge >= 0.3 is 36.1 Å². The summed E-state index contributed by atoms with van der Waals surface area (Å²) in [6.45, 7) is 3.51. The van der Waals surface area contributed by atoms with Crippen molar-refractivity contribution in [2.24, 2.45) is 0 Å². The van der Waals surface area contributed by atoms with Gasteiger partial charge in [-0.1, -0.05) is 139 Å². The molecule has 0 aliphatic heterocycles. The summed E-state index contributed by atoms with van der Waals surface area (Å²) < 4.78 is 35.1. The van der Waals surface area contributed by atoms with Gasteiger partial charge in [-0.25, -0.2) is 0 Å². The number of rotatable bonds is 15. The summed E-state index contributed by atoms with van der Waals surface area (Å²) in [5.41, 5.74) is 6.02. The first-order valence-electron chi connectivity index (χ1n) is 22.0. The van der Waals surface area contributed by atoms with Crippen molar-refractivity contribution in [3.63, 3.8) is 0 Å². The third-order valence-corrected chi connectivity index (χ3v) is 10.1. The Kier molecular flexibility index (Phi) is 14.4. The Bertz CT molecular complexity index is 3100. The zero-order chi connectivity index (χ0) is 47.9. The Labute approximate surface area is 403 Å². The molecule has 0 radical (unpaired) electrons. The van der Waals surface area contributed by atoms with Crippen molar-refractivity contribution >= 4 is 5.78 Å². The van der Waals surface area contributed by atoms with E-state index in [4.69, 9.17) is 28.4 Å². The predicted octanol–water partition coefficient (Wildman–Crippen LogP) is 14.3. The first kappa shape index (κ1) is 45.4. The number of aromatic nitrogens is 6. The molecule has 0 aliphatic carbocycles. The van der Waals surface area contributed by atoms with Crippen LogP contribution in [-0.4, -0.2) is 35.7 Å². The zero-order valence-electron chi connectivity index (χ0n) is 37.8. The molecule has 10 rings (SSSR count). The van der Waals surface area contributed by atoms with Gasteiger partial charge in [-0.2, -0.15) is 0 Å². The molecule has 0 N–H and O–H groups in total. The highest BCUT2D eigenvalue weighted by molar-refractivity contribution is 5.94. The number of carbonyl (C=O) groups is 1. The molecule has 0 fully saturated rings. The normalized spacial score (nSPS) is 10.5. The molecule has 0 atom stereocenters. The van der Waals surface area contributed by atoms with E-state index in [0.29, 0.717) is 40.1 Å². The molecular formula is C57H42N6O7. The van der Waals surface area contributed by atoms with Crippen LogP contribution in [0.5, 0.6) is 70.6 Å². The van der Waals surface area contributed by atoms with Crippen LogP contribution in [0.15, 0.2) is 218 Å². The van der Waals surface area contributed by atoms with E-state index >= 15 is 0 Å². The Hall–Kier alpha value is -9.75. The van der Waals surface area contributed by atoms with Gasteiger partial charge in [0.1, 0.15) is 34.5 Å². The fourth-order valence-corrected chi connectivity index (χ4v) is 6.58. The predicted molar refractivity (Wildman–Crippen MR) is 264 cm³/mol. The molecule has 0 saturated carbocycles. The number of aryl methyl sites for hydroxylation is 1. The maximum atomic E-state index is 11.6. The van der Waals surface area contributed by atoms with Gasteiger partial charge in [0, 0.05) is 5.56 Å². The number of Topliss-reactive ketones (excluding diaryl/α,β-unsaturated/α-hetero) is 1. The molecule has 0 amide bonds. The lowest BCUT2D eigenvalue weighted by molar-refractivity contribution is 0.101. The fraction of sp³-hybridized carbons (Fsp3) is 0.0351. The number of benzene rings is 8. The third-order valence-electron chi connectivity index (χ3n) is 10.1. The van der Waals surface area contributed by atoms with Crippen molar-refractivity contribution < 1.29 is 33.2 Å². The van der Waals surface area contributed by atoms with Gasteiger partial charge in [0.15, 0.2) is 5.78 Å². The standard InChI is InChI=1S/C35H25N3O4.C22H17N3O3/c1-24(39)25-12-18-30(19-13-25)40-33-36-34(41-31-20-14-28(15-21-31)26-8-4-2-5-9-26)38-35(37-33)42-32-22-16-29(17-23-32)27-10-6-3-7-11-27;1-16-12-14-19(15-13-16)28-22-24-20(26-17-8-4-2-5-9-17)23-21(25-22)27-18-10-6-3-7-11-18/h2-23H,1H3;2-15H,1H3. The van der Waals surface area contributed by atoms with Crippen LogP contribution >= 0.6 is 0 Å². The Balaban J connectivity index is 0.000000188. The first-order valence-corrected chi connectivity index (χ1v) is 22.0. The number of para-hydroxylation sites is 2. The van der Waals surface area contributed by atoms with E-state index in [2.05, 4.69) is 29.9 Å². The van der Waals surface area contributed by atoms with Crippen molar-refractivity contribution in [1.29, 1.82) is 0 Å². The molecule has 2 heterocycles. The summed E-state index contributed by atoms with van der Waals surface area (Å²) in [4.78, 5) is 37.4. The van der Waals surface area contributed by atoms with Crippen molar-refractivity contribution in [1.82, 2.24) is 29.9 Å². The van der Waals surface area contributed by atoms with Crippen LogP contribution in [0.2, 0.25) is 0 Å².